The molecule has 0 amide bonds. The van der Waals surface area contributed by atoms with Gasteiger partial charge in [-0.3, -0.25) is 4.99 Å². The summed E-state index contributed by atoms with van der Waals surface area (Å²) in [7, 11) is 0. The molecular formula is C17H27IN4. The Labute approximate surface area is 150 Å². The summed E-state index contributed by atoms with van der Waals surface area (Å²) in [4.78, 5) is 7.25. The van der Waals surface area contributed by atoms with E-state index in [0.29, 0.717) is 12.0 Å². The van der Waals surface area contributed by atoms with Gasteiger partial charge in [-0.25, -0.2) is 0 Å². The average molecular weight is 414 g/mol. The lowest BCUT2D eigenvalue weighted by Crippen LogP contribution is -2.39. The maximum atomic E-state index is 4.77. The van der Waals surface area contributed by atoms with Crippen molar-refractivity contribution < 1.29 is 0 Å². The molecule has 4 nitrogen and oxygen atoms in total. The zero-order chi connectivity index (χ0) is 14.5. The first-order valence-corrected chi connectivity index (χ1v) is 8.20. The van der Waals surface area contributed by atoms with E-state index in [1.807, 2.05) is 0 Å². The molecule has 5 heteroatoms. The van der Waals surface area contributed by atoms with Gasteiger partial charge in [0.15, 0.2) is 5.96 Å². The van der Waals surface area contributed by atoms with Crippen LogP contribution < -0.4 is 15.5 Å². The van der Waals surface area contributed by atoms with Gasteiger partial charge in [-0.15, -0.1) is 24.0 Å². The van der Waals surface area contributed by atoms with E-state index in [9.17, 15) is 0 Å². The number of benzene rings is 1. The molecule has 1 aromatic rings. The van der Waals surface area contributed by atoms with Gasteiger partial charge in [0.2, 0.25) is 0 Å². The standard InChI is InChI=1S/C17H26N4.HI/c1-2-18-17(20-15-8-9-15)19-12-14-10-11-21(13-14)16-6-4-3-5-7-16;/h3-7,14-15H,2,8-13H2,1H3,(H2,18,19,20);1H. The predicted molar refractivity (Wildman–Crippen MR) is 104 cm³/mol. The highest BCUT2D eigenvalue weighted by atomic mass is 127. The first kappa shape index (κ1) is 17.4. The largest absolute Gasteiger partial charge is 0.371 e. The second kappa shape index (κ2) is 8.60. The van der Waals surface area contributed by atoms with Gasteiger partial charge >= 0.3 is 0 Å². The minimum atomic E-state index is 0. The van der Waals surface area contributed by atoms with Gasteiger partial charge in [-0.2, -0.15) is 0 Å². The predicted octanol–water partition coefficient (Wildman–Crippen LogP) is 2.85. The van der Waals surface area contributed by atoms with Gasteiger partial charge in [0.25, 0.3) is 0 Å². The number of anilines is 1. The summed E-state index contributed by atoms with van der Waals surface area (Å²) < 4.78 is 0. The van der Waals surface area contributed by atoms with E-state index in [-0.39, 0.29) is 24.0 Å². The van der Waals surface area contributed by atoms with E-state index >= 15 is 0 Å². The van der Waals surface area contributed by atoms with Crippen LogP contribution >= 0.6 is 24.0 Å². The van der Waals surface area contributed by atoms with Gasteiger partial charge in [0.05, 0.1) is 0 Å². The Morgan fingerprint density at radius 3 is 2.68 bits per heavy atom. The lowest BCUT2D eigenvalue weighted by Gasteiger charge is -2.18. The van der Waals surface area contributed by atoms with Gasteiger partial charge in [0, 0.05) is 37.9 Å². The van der Waals surface area contributed by atoms with Gasteiger partial charge in [-0.1, -0.05) is 18.2 Å². The minimum absolute atomic E-state index is 0. The molecule has 0 radical (unpaired) electrons. The van der Waals surface area contributed by atoms with Crippen molar-refractivity contribution in [2.45, 2.75) is 32.2 Å². The molecule has 1 saturated carbocycles. The van der Waals surface area contributed by atoms with Gasteiger partial charge in [-0.05, 0) is 44.2 Å². The van der Waals surface area contributed by atoms with E-state index in [2.05, 4.69) is 52.8 Å². The Morgan fingerprint density at radius 2 is 2.00 bits per heavy atom. The molecule has 2 aliphatic rings. The third-order valence-corrected chi connectivity index (χ3v) is 4.18. The highest BCUT2D eigenvalue weighted by Crippen LogP contribution is 2.23. The van der Waals surface area contributed by atoms with Crippen LogP contribution in [-0.2, 0) is 0 Å². The summed E-state index contributed by atoms with van der Waals surface area (Å²) in [6.45, 7) is 6.24. The number of hydrogen-bond acceptors (Lipinski definition) is 2. The highest BCUT2D eigenvalue weighted by Gasteiger charge is 2.24. The third kappa shape index (κ3) is 5.04. The summed E-state index contributed by atoms with van der Waals surface area (Å²) in [5.41, 5.74) is 1.34. The van der Waals surface area contributed by atoms with E-state index in [1.54, 1.807) is 0 Å². The Balaban J connectivity index is 0.00000176. The van der Waals surface area contributed by atoms with Crippen LogP contribution in [0.15, 0.2) is 35.3 Å². The van der Waals surface area contributed by atoms with E-state index in [1.165, 1.54) is 24.9 Å². The lowest BCUT2D eigenvalue weighted by atomic mass is 10.1. The maximum absolute atomic E-state index is 4.77. The maximum Gasteiger partial charge on any atom is 0.191 e. The fraction of sp³-hybridized carbons (Fsp3) is 0.588. The molecule has 0 aromatic heterocycles. The summed E-state index contributed by atoms with van der Waals surface area (Å²) in [5.74, 6) is 1.66. The van der Waals surface area contributed by atoms with E-state index in [0.717, 1.165) is 32.1 Å². The summed E-state index contributed by atoms with van der Waals surface area (Å²) in [6, 6.07) is 11.4. The molecule has 1 aromatic carbocycles. The number of nitrogens with zero attached hydrogens (tertiary/aromatic N) is 2. The Bertz CT molecular complexity index is 473. The van der Waals surface area contributed by atoms with Crippen LogP contribution in [0.3, 0.4) is 0 Å². The smallest absolute Gasteiger partial charge is 0.191 e. The van der Waals surface area contributed by atoms with Crippen LogP contribution in [0.4, 0.5) is 5.69 Å². The fourth-order valence-electron chi connectivity index (χ4n) is 2.82. The van der Waals surface area contributed by atoms with Crippen molar-refractivity contribution in [1.82, 2.24) is 10.6 Å². The number of guanidine groups is 1. The molecule has 122 valence electrons. The molecular weight excluding hydrogens is 387 g/mol. The number of rotatable bonds is 5. The number of para-hydroxylation sites is 1. The first-order valence-electron chi connectivity index (χ1n) is 8.20. The molecule has 22 heavy (non-hydrogen) atoms. The van der Waals surface area contributed by atoms with Crippen molar-refractivity contribution in [3.63, 3.8) is 0 Å². The van der Waals surface area contributed by atoms with Gasteiger partial charge < -0.3 is 15.5 Å². The molecule has 0 spiro atoms. The third-order valence-electron chi connectivity index (χ3n) is 4.18. The quantitative estimate of drug-likeness (QED) is 0.442. The monoisotopic (exact) mass is 414 g/mol. The minimum Gasteiger partial charge on any atom is -0.371 e. The number of hydrogen-bond donors (Lipinski definition) is 2. The van der Waals surface area contributed by atoms with E-state index < -0.39 is 0 Å². The molecule has 1 saturated heterocycles. The summed E-state index contributed by atoms with van der Waals surface area (Å²) >= 11 is 0. The second-order valence-corrected chi connectivity index (χ2v) is 6.07. The molecule has 1 heterocycles. The van der Waals surface area contributed by atoms with Crippen molar-refractivity contribution in [3.05, 3.63) is 30.3 Å². The fourth-order valence-corrected chi connectivity index (χ4v) is 2.82. The summed E-state index contributed by atoms with van der Waals surface area (Å²) in [5, 5.41) is 6.83. The van der Waals surface area contributed by atoms with E-state index in [4.69, 9.17) is 4.99 Å². The van der Waals surface area contributed by atoms with Crippen LogP contribution in [0.1, 0.15) is 26.2 Å². The van der Waals surface area contributed by atoms with Crippen LogP contribution in [0.5, 0.6) is 0 Å². The Hall–Kier alpha value is -0.980. The Kier molecular flexibility index (Phi) is 6.79. The number of halogens is 1. The number of nitrogens with one attached hydrogen (secondary N) is 2. The van der Waals surface area contributed by atoms with Crippen LogP contribution in [0.2, 0.25) is 0 Å². The van der Waals surface area contributed by atoms with Crippen LogP contribution in [0.25, 0.3) is 0 Å². The SMILES string of the molecule is CCNC(=NCC1CCN(c2ccccc2)C1)NC1CC1.I. The number of aliphatic imine (C=N–C) groups is 1. The molecule has 3 rings (SSSR count). The zero-order valence-corrected chi connectivity index (χ0v) is 15.6. The lowest BCUT2D eigenvalue weighted by molar-refractivity contribution is 0.599. The molecule has 2 N–H and O–H groups in total. The normalized spacial score (nSPS) is 21.4. The second-order valence-electron chi connectivity index (χ2n) is 6.07. The van der Waals surface area contributed by atoms with Crippen molar-refractivity contribution in [2.24, 2.45) is 10.9 Å². The Morgan fingerprint density at radius 1 is 1.23 bits per heavy atom. The highest BCUT2D eigenvalue weighted by molar-refractivity contribution is 14.0. The zero-order valence-electron chi connectivity index (χ0n) is 13.3. The van der Waals surface area contributed by atoms with Gasteiger partial charge in [0.1, 0.15) is 0 Å². The summed E-state index contributed by atoms with van der Waals surface area (Å²) in [6.07, 6.45) is 3.81. The molecule has 2 fully saturated rings. The molecule has 1 unspecified atom stereocenters. The molecule has 1 atom stereocenters. The van der Waals surface area contributed by atoms with Crippen molar-refractivity contribution in [1.29, 1.82) is 0 Å². The molecule has 0 bridgehead atoms. The molecule has 1 aliphatic carbocycles. The van der Waals surface area contributed by atoms with Crippen molar-refractivity contribution in [2.75, 3.05) is 31.1 Å². The topological polar surface area (TPSA) is 39.7 Å². The van der Waals surface area contributed by atoms with Crippen LogP contribution in [-0.4, -0.2) is 38.2 Å². The van der Waals surface area contributed by atoms with Crippen LogP contribution in [0, 0.1) is 5.92 Å². The first-order chi connectivity index (χ1) is 10.3. The average Bonchev–Trinajstić information content (AvgIpc) is 3.20. The van der Waals surface area contributed by atoms with Crippen molar-refractivity contribution >= 4 is 35.6 Å². The van der Waals surface area contributed by atoms with Crippen molar-refractivity contribution in [3.8, 4) is 0 Å². The molecule has 1 aliphatic heterocycles.